The van der Waals surface area contributed by atoms with Crippen LogP contribution in [0.3, 0.4) is 0 Å². The summed E-state index contributed by atoms with van der Waals surface area (Å²) in [7, 11) is -4.03. The Balaban J connectivity index is 1.89. The molecule has 178 valence electrons. The maximum atomic E-state index is 13.6. The summed E-state index contributed by atoms with van der Waals surface area (Å²) in [6, 6.07) is 11.6. The van der Waals surface area contributed by atoms with E-state index in [0.717, 1.165) is 14.9 Å². The number of carbonyl (C=O) groups is 2. The van der Waals surface area contributed by atoms with Gasteiger partial charge in [0.05, 0.1) is 11.4 Å². The Kier molecular flexibility index (Phi) is 8.11. The van der Waals surface area contributed by atoms with Gasteiger partial charge in [0.2, 0.25) is 0 Å². The van der Waals surface area contributed by atoms with Crippen LogP contribution in [0.1, 0.15) is 31.7 Å². The van der Waals surface area contributed by atoms with Crippen molar-refractivity contribution in [3.8, 4) is 0 Å². The fourth-order valence-corrected chi connectivity index (χ4v) is 5.26. The van der Waals surface area contributed by atoms with Crippen LogP contribution >= 0.6 is 39.1 Å². The summed E-state index contributed by atoms with van der Waals surface area (Å²) >= 11 is 15.6. The van der Waals surface area contributed by atoms with E-state index in [1.54, 1.807) is 6.92 Å². The van der Waals surface area contributed by atoms with Gasteiger partial charge in [-0.2, -0.15) is 8.42 Å². The second kappa shape index (κ2) is 10.3. The Hall–Kier alpha value is -1.65. The summed E-state index contributed by atoms with van der Waals surface area (Å²) in [5, 5.41) is 0.604. The minimum absolute atomic E-state index is 0.244. The van der Waals surface area contributed by atoms with Crippen LogP contribution in [0.25, 0.3) is 0 Å². The number of halogens is 3. The molecule has 2 aromatic carbocycles. The molecule has 1 atom stereocenters. The van der Waals surface area contributed by atoms with E-state index in [1.807, 2.05) is 24.3 Å². The van der Waals surface area contributed by atoms with E-state index in [1.165, 1.54) is 23.1 Å². The predicted molar refractivity (Wildman–Crippen MR) is 133 cm³/mol. The number of urea groups is 1. The largest absolute Gasteiger partial charge is 0.332 e. The molecule has 1 heterocycles. The Morgan fingerprint density at radius 1 is 1.00 bits per heavy atom. The van der Waals surface area contributed by atoms with Gasteiger partial charge in [-0.3, -0.25) is 9.35 Å². The number of hydrogen-bond donors (Lipinski definition) is 1. The smallest absolute Gasteiger partial charge is 0.309 e. The molecule has 0 aromatic heterocycles. The van der Waals surface area contributed by atoms with Crippen LogP contribution in [-0.2, 0) is 21.3 Å². The molecule has 1 aliphatic heterocycles. The summed E-state index contributed by atoms with van der Waals surface area (Å²) in [5.74, 6) is -0.741. The van der Waals surface area contributed by atoms with Gasteiger partial charge in [-0.15, -0.1) is 0 Å². The molecule has 11 heteroatoms. The zero-order chi connectivity index (χ0) is 24.4. The van der Waals surface area contributed by atoms with Crippen LogP contribution in [0.5, 0.6) is 0 Å². The molecule has 7 nitrogen and oxygen atoms in total. The number of carbonyl (C=O) groups excluding carboxylic acids is 2. The van der Waals surface area contributed by atoms with E-state index in [4.69, 9.17) is 27.8 Å². The minimum atomic E-state index is -4.03. The van der Waals surface area contributed by atoms with E-state index < -0.39 is 27.6 Å². The Morgan fingerprint density at radius 3 is 2.18 bits per heavy atom. The second-order valence-corrected chi connectivity index (χ2v) is 11.5. The van der Waals surface area contributed by atoms with E-state index >= 15 is 0 Å². The third-order valence-corrected chi connectivity index (χ3v) is 7.30. The fourth-order valence-electron chi connectivity index (χ4n) is 3.92. The molecule has 3 amide bonds. The first-order valence-corrected chi connectivity index (χ1v) is 13.4. The van der Waals surface area contributed by atoms with Crippen LogP contribution in [0.15, 0.2) is 46.9 Å². The summed E-state index contributed by atoms with van der Waals surface area (Å²) in [5.41, 5.74) is 0.00515. The number of benzene rings is 2. The van der Waals surface area contributed by atoms with Gasteiger partial charge in [-0.05, 0) is 55.7 Å². The second-order valence-electron chi connectivity index (χ2n) is 8.13. The molecule has 0 saturated carbocycles. The molecule has 1 unspecified atom stereocenters. The van der Waals surface area contributed by atoms with Crippen molar-refractivity contribution in [1.82, 2.24) is 4.90 Å². The Labute approximate surface area is 211 Å². The highest BCUT2D eigenvalue weighted by atomic mass is 79.9. The molecule has 1 saturated heterocycles. The number of hydrogen-bond acceptors (Lipinski definition) is 4. The first-order valence-electron chi connectivity index (χ1n) is 10.2. The fraction of sp³-hybridized carbons (Fsp3) is 0.364. The van der Waals surface area contributed by atoms with Crippen molar-refractivity contribution in [1.29, 1.82) is 0 Å². The third kappa shape index (κ3) is 6.27. The van der Waals surface area contributed by atoms with E-state index in [-0.39, 0.29) is 18.7 Å². The van der Waals surface area contributed by atoms with Crippen LogP contribution in [0.2, 0.25) is 10.0 Å². The average Bonchev–Trinajstić information content (AvgIpc) is 2.88. The summed E-state index contributed by atoms with van der Waals surface area (Å²) in [6.45, 7) is 1.97. The van der Waals surface area contributed by atoms with Gasteiger partial charge < -0.3 is 4.90 Å². The van der Waals surface area contributed by atoms with E-state index in [9.17, 15) is 18.0 Å². The van der Waals surface area contributed by atoms with Crippen molar-refractivity contribution in [2.24, 2.45) is 0 Å². The van der Waals surface area contributed by atoms with Crippen LogP contribution in [0.4, 0.5) is 10.5 Å². The standard InChI is InChI=1S/C22H23BrCl2N2O5S/c1-22(14-15-5-7-16(23)8-6-15)20(28)27(19-12-17(24)11-18(25)13-19)21(29)26(22)9-3-2-4-10-33(30,31)32/h5-8,11-13H,2-4,9-10,14H2,1H3,(H,30,31,32). The molecule has 1 N–H and O–H groups in total. The molecule has 0 spiro atoms. The number of unbranched alkanes of at least 4 members (excludes halogenated alkanes) is 2. The lowest BCUT2D eigenvalue weighted by Crippen LogP contribution is -2.49. The lowest BCUT2D eigenvalue weighted by Gasteiger charge is -2.32. The van der Waals surface area contributed by atoms with Crippen LogP contribution in [0, 0.1) is 0 Å². The first-order chi connectivity index (χ1) is 15.4. The maximum absolute atomic E-state index is 13.6. The number of nitrogens with zero attached hydrogens (tertiary/aromatic N) is 2. The van der Waals surface area contributed by atoms with Crippen molar-refractivity contribution in [2.75, 3.05) is 17.2 Å². The van der Waals surface area contributed by atoms with E-state index in [0.29, 0.717) is 35.0 Å². The highest BCUT2D eigenvalue weighted by molar-refractivity contribution is 9.10. The van der Waals surface area contributed by atoms with Crippen molar-refractivity contribution in [2.45, 2.75) is 38.1 Å². The van der Waals surface area contributed by atoms with Gasteiger partial charge in [0.25, 0.3) is 16.0 Å². The number of amides is 3. The van der Waals surface area contributed by atoms with Gasteiger partial charge in [0.15, 0.2) is 0 Å². The normalized spacial score (nSPS) is 18.9. The molecule has 3 rings (SSSR count). The highest BCUT2D eigenvalue weighted by Gasteiger charge is 2.54. The monoisotopic (exact) mass is 576 g/mol. The zero-order valence-corrected chi connectivity index (χ0v) is 21.7. The van der Waals surface area contributed by atoms with Gasteiger partial charge >= 0.3 is 6.03 Å². The molecular weight excluding hydrogens is 555 g/mol. The van der Waals surface area contributed by atoms with E-state index in [2.05, 4.69) is 15.9 Å². The summed E-state index contributed by atoms with van der Waals surface area (Å²) in [4.78, 5) is 29.6. The molecule has 33 heavy (non-hydrogen) atoms. The SMILES string of the molecule is CC1(Cc2ccc(Br)cc2)C(=O)N(c2cc(Cl)cc(Cl)c2)C(=O)N1CCCCCS(=O)(=O)O. The third-order valence-electron chi connectivity index (χ3n) is 5.53. The minimum Gasteiger partial charge on any atom is -0.309 e. The topological polar surface area (TPSA) is 95.0 Å². The summed E-state index contributed by atoms with van der Waals surface area (Å²) < 4.78 is 31.7. The molecule has 1 aliphatic rings. The van der Waals surface area contributed by atoms with Gasteiger partial charge in [0.1, 0.15) is 5.54 Å². The molecule has 1 fully saturated rings. The van der Waals surface area contributed by atoms with Gasteiger partial charge in [0, 0.05) is 27.5 Å². The lowest BCUT2D eigenvalue weighted by molar-refractivity contribution is -0.124. The number of rotatable bonds is 9. The van der Waals surface area contributed by atoms with Gasteiger partial charge in [-0.25, -0.2) is 9.69 Å². The number of imide groups is 1. The molecule has 2 aromatic rings. The highest BCUT2D eigenvalue weighted by Crippen LogP contribution is 2.37. The van der Waals surface area contributed by atoms with Gasteiger partial charge in [-0.1, -0.05) is 57.7 Å². The van der Waals surface area contributed by atoms with Crippen LogP contribution in [-0.4, -0.2) is 47.6 Å². The van der Waals surface area contributed by atoms with Crippen molar-refractivity contribution in [3.63, 3.8) is 0 Å². The molecule has 0 bridgehead atoms. The first kappa shape index (κ1) is 26.0. The van der Waals surface area contributed by atoms with Crippen molar-refractivity contribution in [3.05, 3.63) is 62.5 Å². The lowest BCUT2D eigenvalue weighted by atomic mass is 9.91. The Morgan fingerprint density at radius 2 is 1.61 bits per heavy atom. The molecule has 0 radical (unpaired) electrons. The molecular formula is C22H23BrCl2N2O5S. The number of anilines is 1. The molecule has 0 aliphatic carbocycles. The maximum Gasteiger partial charge on any atom is 0.332 e. The predicted octanol–water partition coefficient (Wildman–Crippen LogP) is 5.58. The quantitative estimate of drug-likeness (QED) is 0.238. The Bertz CT molecular complexity index is 1140. The van der Waals surface area contributed by atoms with Crippen molar-refractivity contribution >= 4 is 66.9 Å². The van der Waals surface area contributed by atoms with Crippen molar-refractivity contribution < 1.29 is 22.6 Å². The summed E-state index contributed by atoms with van der Waals surface area (Å²) in [6.07, 6.45) is 1.48. The zero-order valence-electron chi connectivity index (χ0n) is 17.8. The van der Waals surface area contributed by atoms with Crippen LogP contribution < -0.4 is 4.90 Å². The average molecular weight is 578 g/mol.